The van der Waals surface area contributed by atoms with E-state index in [4.69, 9.17) is 10.5 Å². The lowest BCUT2D eigenvalue weighted by Crippen LogP contribution is -2.10. The first-order chi connectivity index (χ1) is 8.85. The van der Waals surface area contributed by atoms with Crippen molar-refractivity contribution in [2.24, 2.45) is 0 Å². The predicted octanol–water partition coefficient (Wildman–Crippen LogP) is 2.23. The van der Waals surface area contributed by atoms with Gasteiger partial charge in [0.15, 0.2) is 0 Å². The van der Waals surface area contributed by atoms with Gasteiger partial charge in [-0.25, -0.2) is 0 Å². The Bertz CT molecular complexity index is 636. The van der Waals surface area contributed by atoms with E-state index in [1.807, 2.05) is 24.4 Å². The quantitative estimate of drug-likeness (QED) is 0.631. The predicted molar refractivity (Wildman–Crippen MR) is 69.3 cm³/mol. The van der Waals surface area contributed by atoms with Gasteiger partial charge < -0.3 is 10.3 Å². The second-order valence-corrected chi connectivity index (χ2v) is 3.85. The van der Waals surface area contributed by atoms with Crippen LogP contribution >= 0.6 is 0 Å². The molecule has 4 heteroatoms. The second kappa shape index (κ2) is 5.56. The van der Waals surface area contributed by atoms with Crippen molar-refractivity contribution in [2.75, 3.05) is 6.54 Å². The number of aromatic amines is 1. The molecule has 0 radical (unpaired) electrons. The number of rotatable bonds is 4. The molecule has 0 aliphatic heterocycles. The number of para-hydroxylation sites is 1. The van der Waals surface area contributed by atoms with E-state index >= 15 is 0 Å². The number of fused-ring (bicyclic) bond motifs is 1. The third-order valence-corrected chi connectivity index (χ3v) is 2.70. The van der Waals surface area contributed by atoms with Gasteiger partial charge in [-0.1, -0.05) is 18.2 Å². The minimum atomic E-state index is 0.0916. The Hall–Kier alpha value is -2.72. The van der Waals surface area contributed by atoms with Crippen molar-refractivity contribution in [2.45, 2.75) is 6.42 Å². The Labute approximate surface area is 105 Å². The Kier molecular flexibility index (Phi) is 3.63. The summed E-state index contributed by atoms with van der Waals surface area (Å²) >= 11 is 0. The van der Waals surface area contributed by atoms with Gasteiger partial charge in [0.05, 0.1) is 0 Å². The van der Waals surface area contributed by atoms with Crippen molar-refractivity contribution in [1.82, 2.24) is 10.3 Å². The highest BCUT2D eigenvalue weighted by atomic mass is 14.8. The first kappa shape index (κ1) is 11.8. The minimum Gasteiger partial charge on any atom is -0.389 e. The molecule has 0 spiro atoms. The number of benzene rings is 1. The van der Waals surface area contributed by atoms with Gasteiger partial charge >= 0.3 is 0 Å². The van der Waals surface area contributed by atoms with Gasteiger partial charge in [-0.15, -0.1) is 0 Å². The van der Waals surface area contributed by atoms with Crippen molar-refractivity contribution >= 4 is 10.9 Å². The van der Waals surface area contributed by atoms with E-state index in [1.165, 1.54) is 17.1 Å². The fourth-order valence-corrected chi connectivity index (χ4v) is 1.81. The average Bonchev–Trinajstić information content (AvgIpc) is 2.82. The number of nitrogens with zero attached hydrogens (tertiary/aromatic N) is 2. The summed E-state index contributed by atoms with van der Waals surface area (Å²) in [5, 5.41) is 21.3. The molecular weight excluding hydrogens is 224 g/mol. The van der Waals surface area contributed by atoms with E-state index in [-0.39, 0.29) is 5.57 Å². The van der Waals surface area contributed by atoms with Crippen LogP contribution in [-0.2, 0) is 6.42 Å². The summed E-state index contributed by atoms with van der Waals surface area (Å²) in [6.07, 6.45) is 4.28. The highest BCUT2D eigenvalue weighted by Gasteiger charge is 2.01. The lowest BCUT2D eigenvalue weighted by Gasteiger charge is -2.00. The van der Waals surface area contributed by atoms with Crippen LogP contribution in [-0.4, -0.2) is 11.5 Å². The van der Waals surface area contributed by atoms with Crippen LogP contribution in [0.3, 0.4) is 0 Å². The maximum atomic E-state index is 8.56. The molecule has 0 fully saturated rings. The largest absolute Gasteiger partial charge is 0.389 e. The normalized spacial score (nSPS) is 9.44. The van der Waals surface area contributed by atoms with Crippen molar-refractivity contribution in [3.8, 4) is 12.1 Å². The van der Waals surface area contributed by atoms with E-state index < -0.39 is 0 Å². The molecular formula is C14H12N4. The molecule has 0 atom stereocenters. The van der Waals surface area contributed by atoms with Crippen LogP contribution in [0.1, 0.15) is 5.56 Å². The van der Waals surface area contributed by atoms with Crippen LogP contribution < -0.4 is 5.32 Å². The molecule has 2 N–H and O–H groups in total. The monoisotopic (exact) mass is 236 g/mol. The summed E-state index contributed by atoms with van der Waals surface area (Å²) in [6, 6.07) is 11.7. The Morgan fingerprint density at radius 1 is 1.28 bits per heavy atom. The SMILES string of the molecule is N#CC(C#N)=CNCCc1c[nH]c2ccccc12. The standard InChI is InChI=1S/C14H12N4/c15-7-11(8-16)9-17-6-5-12-10-18-14-4-2-1-3-13(12)14/h1-4,9-10,17-18H,5-6H2. The molecule has 0 bridgehead atoms. The number of aromatic nitrogens is 1. The molecule has 1 aromatic heterocycles. The molecule has 1 heterocycles. The Balaban J connectivity index is 1.98. The van der Waals surface area contributed by atoms with Crippen LogP contribution in [0.2, 0.25) is 0 Å². The third-order valence-electron chi connectivity index (χ3n) is 2.70. The highest BCUT2D eigenvalue weighted by molar-refractivity contribution is 5.83. The number of hydrogen-bond acceptors (Lipinski definition) is 3. The van der Waals surface area contributed by atoms with Crippen LogP contribution in [0.25, 0.3) is 10.9 Å². The van der Waals surface area contributed by atoms with Gasteiger partial charge in [0.2, 0.25) is 0 Å². The van der Waals surface area contributed by atoms with Crippen molar-refractivity contribution in [1.29, 1.82) is 10.5 Å². The molecule has 2 aromatic rings. The molecule has 88 valence electrons. The maximum Gasteiger partial charge on any atom is 0.145 e. The number of H-pyrrole nitrogens is 1. The number of nitriles is 2. The first-order valence-corrected chi connectivity index (χ1v) is 5.64. The number of nitrogens with one attached hydrogen (secondary N) is 2. The van der Waals surface area contributed by atoms with Crippen LogP contribution in [0, 0.1) is 22.7 Å². The van der Waals surface area contributed by atoms with Gasteiger partial charge in [0.1, 0.15) is 17.7 Å². The van der Waals surface area contributed by atoms with E-state index in [0.717, 1.165) is 11.9 Å². The summed E-state index contributed by atoms with van der Waals surface area (Å²) in [5.74, 6) is 0. The summed E-state index contributed by atoms with van der Waals surface area (Å²) in [7, 11) is 0. The molecule has 2 rings (SSSR count). The molecule has 0 aliphatic carbocycles. The zero-order chi connectivity index (χ0) is 12.8. The molecule has 0 saturated carbocycles. The third kappa shape index (κ3) is 2.50. The zero-order valence-corrected chi connectivity index (χ0v) is 9.77. The highest BCUT2D eigenvalue weighted by Crippen LogP contribution is 2.17. The topological polar surface area (TPSA) is 75.4 Å². The number of hydrogen-bond donors (Lipinski definition) is 2. The number of allylic oxidation sites excluding steroid dienone is 1. The Morgan fingerprint density at radius 3 is 2.83 bits per heavy atom. The van der Waals surface area contributed by atoms with Gasteiger partial charge in [-0.05, 0) is 18.1 Å². The summed E-state index contributed by atoms with van der Waals surface area (Å²) in [5.41, 5.74) is 2.44. The lowest BCUT2D eigenvalue weighted by atomic mass is 10.1. The average molecular weight is 236 g/mol. The second-order valence-electron chi connectivity index (χ2n) is 3.85. The van der Waals surface area contributed by atoms with Crippen molar-refractivity contribution < 1.29 is 0 Å². The molecule has 18 heavy (non-hydrogen) atoms. The molecule has 4 nitrogen and oxygen atoms in total. The van der Waals surface area contributed by atoms with Gasteiger partial charge in [-0.2, -0.15) is 10.5 Å². The summed E-state index contributed by atoms with van der Waals surface area (Å²) < 4.78 is 0. The molecule has 0 unspecified atom stereocenters. The summed E-state index contributed by atoms with van der Waals surface area (Å²) in [6.45, 7) is 0.689. The van der Waals surface area contributed by atoms with Crippen molar-refractivity contribution in [3.63, 3.8) is 0 Å². The van der Waals surface area contributed by atoms with E-state index in [2.05, 4.69) is 16.4 Å². The molecule has 0 saturated heterocycles. The Morgan fingerprint density at radius 2 is 2.06 bits per heavy atom. The molecule has 0 aliphatic rings. The lowest BCUT2D eigenvalue weighted by molar-refractivity contribution is 0.834. The van der Waals surface area contributed by atoms with Gasteiger partial charge in [0.25, 0.3) is 0 Å². The molecule has 1 aromatic carbocycles. The maximum absolute atomic E-state index is 8.56. The van der Waals surface area contributed by atoms with Crippen LogP contribution in [0.5, 0.6) is 0 Å². The van der Waals surface area contributed by atoms with Crippen LogP contribution in [0.4, 0.5) is 0 Å². The van der Waals surface area contributed by atoms with E-state index in [0.29, 0.717) is 6.54 Å². The minimum absolute atomic E-state index is 0.0916. The van der Waals surface area contributed by atoms with Gasteiger partial charge in [-0.3, -0.25) is 0 Å². The fourth-order valence-electron chi connectivity index (χ4n) is 1.81. The zero-order valence-electron chi connectivity index (χ0n) is 9.77. The van der Waals surface area contributed by atoms with E-state index in [1.54, 1.807) is 12.1 Å². The first-order valence-electron chi connectivity index (χ1n) is 5.64. The van der Waals surface area contributed by atoms with Crippen LogP contribution in [0.15, 0.2) is 42.2 Å². The van der Waals surface area contributed by atoms with Gasteiger partial charge in [0, 0.05) is 29.8 Å². The van der Waals surface area contributed by atoms with E-state index in [9.17, 15) is 0 Å². The fraction of sp³-hybridized carbons (Fsp3) is 0.143. The smallest absolute Gasteiger partial charge is 0.145 e. The molecule has 0 amide bonds. The van der Waals surface area contributed by atoms with Crippen molar-refractivity contribution in [3.05, 3.63) is 47.8 Å². The summed E-state index contributed by atoms with van der Waals surface area (Å²) in [4.78, 5) is 3.21.